The molecule has 0 aromatic heterocycles. The molecule has 1 aromatic rings. The molecule has 2 atom stereocenters. The van der Waals surface area contributed by atoms with E-state index >= 15 is 0 Å². The predicted octanol–water partition coefficient (Wildman–Crippen LogP) is 1.23. The Balaban J connectivity index is 2.46. The first-order valence-corrected chi connectivity index (χ1v) is 5.73. The topological polar surface area (TPSA) is 64.3 Å². The van der Waals surface area contributed by atoms with Crippen LogP contribution in [0.1, 0.15) is 25.0 Å². The van der Waals surface area contributed by atoms with E-state index in [1.165, 1.54) is 0 Å². The number of hydrogen-bond donors (Lipinski definition) is 2. The second-order valence-electron chi connectivity index (χ2n) is 4.12. The van der Waals surface area contributed by atoms with Crippen molar-refractivity contribution in [2.75, 3.05) is 13.7 Å². The molecule has 3 N–H and O–H groups in total. The van der Waals surface area contributed by atoms with Crippen molar-refractivity contribution in [3.8, 4) is 0 Å². The van der Waals surface area contributed by atoms with Crippen LogP contribution >= 0.6 is 0 Å². The van der Waals surface area contributed by atoms with Gasteiger partial charge in [-0.1, -0.05) is 30.3 Å². The Morgan fingerprint density at radius 3 is 2.59 bits per heavy atom. The Morgan fingerprint density at radius 1 is 1.41 bits per heavy atom. The van der Waals surface area contributed by atoms with E-state index in [0.29, 0.717) is 13.0 Å². The summed E-state index contributed by atoms with van der Waals surface area (Å²) in [6.45, 7) is 2.27. The van der Waals surface area contributed by atoms with Crippen LogP contribution in [0.3, 0.4) is 0 Å². The van der Waals surface area contributed by atoms with Gasteiger partial charge in [0.25, 0.3) is 0 Å². The molecule has 17 heavy (non-hydrogen) atoms. The maximum atomic E-state index is 11.5. The van der Waals surface area contributed by atoms with Gasteiger partial charge in [0.1, 0.15) is 0 Å². The summed E-state index contributed by atoms with van der Waals surface area (Å²) in [6, 6.07) is 9.69. The lowest BCUT2D eigenvalue weighted by atomic mass is 10.1. The van der Waals surface area contributed by atoms with Crippen molar-refractivity contribution in [2.45, 2.75) is 25.5 Å². The lowest BCUT2D eigenvalue weighted by molar-refractivity contribution is -0.121. The largest absolute Gasteiger partial charge is 0.375 e. The average Bonchev–Trinajstić information content (AvgIpc) is 2.30. The average molecular weight is 236 g/mol. The standard InChI is InChI=1S/C13H20N2O2/c1-10(14)8-13(16)15-9-12(17-2)11-6-4-3-5-7-11/h3-7,10,12H,8-9,14H2,1-2H3,(H,15,16). The second-order valence-corrected chi connectivity index (χ2v) is 4.12. The molecular formula is C13H20N2O2. The fraction of sp³-hybridized carbons (Fsp3) is 0.462. The molecule has 0 saturated heterocycles. The predicted molar refractivity (Wildman–Crippen MR) is 67.5 cm³/mol. The van der Waals surface area contributed by atoms with Gasteiger partial charge in [-0.2, -0.15) is 0 Å². The monoisotopic (exact) mass is 236 g/mol. The van der Waals surface area contributed by atoms with Gasteiger partial charge >= 0.3 is 0 Å². The molecule has 0 aliphatic carbocycles. The number of carbonyl (C=O) groups excluding carboxylic acids is 1. The Kier molecular flexibility index (Phi) is 5.66. The molecular weight excluding hydrogens is 216 g/mol. The van der Waals surface area contributed by atoms with Gasteiger partial charge in [0, 0.05) is 26.1 Å². The molecule has 0 heterocycles. The number of amides is 1. The summed E-state index contributed by atoms with van der Waals surface area (Å²) in [4.78, 5) is 11.5. The highest BCUT2D eigenvalue weighted by atomic mass is 16.5. The van der Waals surface area contributed by atoms with E-state index < -0.39 is 0 Å². The highest BCUT2D eigenvalue weighted by molar-refractivity contribution is 5.76. The molecule has 0 aliphatic rings. The van der Waals surface area contributed by atoms with E-state index in [4.69, 9.17) is 10.5 Å². The van der Waals surface area contributed by atoms with Gasteiger partial charge in [-0.05, 0) is 12.5 Å². The van der Waals surface area contributed by atoms with E-state index in [-0.39, 0.29) is 18.1 Å². The van der Waals surface area contributed by atoms with Crippen LogP contribution < -0.4 is 11.1 Å². The Bertz CT molecular complexity index is 339. The molecule has 0 spiro atoms. The zero-order valence-electron chi connectivity index (χ0n) is 10.3. The number of hydrogen-bond acceptors (Lipinski definition) is 3. The summed E-state index contributed by atoms with van der Waals surface area (Å²) in [5.41, 5.74) is 6.60. The molecule has 1 rings (SSSR count). The van der Waals surface area contributed by atoms with Crippen LogP contribution in [-0.2, 0) is 9.53 Å². The van der Waals surface area contributed by atoms with Crippen molar-refractivity contribution in [1.29, 1.82) is 0 Å². The number of rotatable bonds is 6. The first-order valence-electron chi connectivity index (χ1n) is 5.73. The minimum absolute atomic E-state index is 0.0435. The molecule has 0 saturated carbocycles. The first-order chi connectivity index (χ1) is 8.13. The minimum Gasteiger partial charge on any atom is -0.375 e. The van der Waals surface area contributed by atoms with Crippen LogP contribution in [0.5, 0.6) is 0 Å². The van der Waals surface area contributed by atoms with E-state index in [2.05, 4.69) is 5.32 Å². The number of ether oxygens (including phenoxy) is 1. The van der Waals surface area contributed by atoms with E-state index in [1.54, 1.807) is 7.11 Å². The Morgan fingerprint density at radius 2 is 2.06 bits per heavy atom. The first kappa shape index (κ1) is 13.7. The highest BCUT2D eigenvalue weighted by Gasteiger charge is 2.12. The van der Waals surface area contributed by atoms with E-state index in [9.17, 15) is 4.79 Å². The van der Waals surface area contributed by atoms with Crippen LogP contribution in [0.2, 0.25) is 0 Å². The van der Waals surface area contributed by atoms with Gasteiger partial charge < -0.3 is 15.8 Å². The third-order valence-corrected chi connectivity index (χ3v) is 2.45. The van der Waals surface area contributed by atoms with Gasteiger partial charge in [-0.15, -0.1) is 0 Å². The quantitative estimate of drug-likeness (QED) is 0.780. The van der Waals surface area contributed by atoms with Gasteiger partial charge in [-0.25, -0.2) is 0 Å². The normalized spacial score (nSPS) is 14.1. The fourth-order valence-electron chi connectivity index (χ4n) is 1.58. The maximum Gasteiger partial charge on any atom is 0.221 e. The minimum atomic E-state index is -0.118. The number of methoxy groups -OCH3 is 1. The summed E-state index contributed by atoms with van der Waals surface area (Å²) >= 11 is 0. The summed E-state index contributed by atoms with van der Waals surface area (Å²) in [6.07, 6.45) is 0.221. The molecule has 94 valence electrons. The molecule has 4 heteroatoms. The number of nitrogens with one attached hydrogen (secondary N) is 1. The number of nitrogens with two attached hydrogens (primary N) is 1. The van der Waals surface area contributed by atoms with Crippen LogP contribution in [-0.4, -0.2) is 25.6 Å². The third-order valence-electron chi connectivity index (χ3n) is 2.45. The van der Waals surface area contributed by atoms with Crippen molar-refractivity contribution >= 4 is 5.91 Å². The molecule has 0 bridgehead atoms. The smallest absolute Gasteiger partial charge is 0.221 e. The van der Waals surface area contributed by atoms with Gasteiger partial charge in [0.15, 0.2) is 0 Å². The molecule has 0 aliphatic heterocycles. The third kappa shape index (κ3) is 4.97. The maximum absolute atomic E-state index is 11.5. The number of benzene rings is 1. The van der Waals surface area contributed by atoms with Crippen molar-refractivity contribution in [1.82, 2.24) is 5.32 Å². The molecule has 1 aromatic carbocycles. The fourth-order valence-corrected chi connectivity index (χ4v) is 1.58. The van der Waals surface area contributed by atoms with Crippen LogP contribution in [0.25, 0.3) is 0 Å². The lowest BCUT2D eigenvalue weighted by Crippen LogP contribution is -2.33. The Hall–Kier alpha value is -1.39. The molecule has 4 nitrogen and oxygen atoms in total. The highest BCUT2D eigenvalue weighted by Crippen LogP contribution is 2.14. The van der Waals surface area contributed by atoms with Gasteiger partial charge in [0.2, 0.25) is 5.91 Å². The molecule has 0 fully saturated rings. The van der Waals surface area contributed by atoms with Crippen molar-refractivity contribution in [3.63, 3.8) is 0 Å². The van der Waals surface area contributed by atoms with E-state index in [1.807, 2.05) is 37.3 Å². The van der Waals surface area contributed by atoms with Crippen LogP contribution in [0.15, 0.2) is 30.3 Å². The summed E-state index contributed by atoms with van der Waals surface area (Å²) in [7, 11) is 1.63. The lowest BCUT2D eigenvalue weighted by Gasteiger charge is -2.16. The Labute approximate surface area is 102 Å². The summed E-state index contributed by atoms with van der Waals surface area (Å²) in [5, 5.41) is 2.82. The summed E-state index contributed by atoms with van der Waals surface area (Å²) in [5.74, 6) is -0.0435. The second kappa shape index (κ2) is 7.04. The molecule has 1 amide bonds. The van der Waals surface area contributed by atoms with Crippen molar-refractivity contribution in [2.24, 2.45) is 5.73 Å². The SMILES string of the molecule is COC(CNC(=O)CC(C)N)c1ccccc1. The van der Waals surface area contributed by atoms with Gasteiger partial charge in [-0.3, -0.25) is 4.79 Å². The summed E-state index contributed by atoms with van der Waals surface area (Å²) < 4.78 is 5.35. The van der Waals surface area contributed by atoms with Gasteiger partial charge in [0.05, 0.1) is 6.10 Å². The zero-order valence-corrected chi connectivity index (χ0v) is 10.3. The van der Waals surface area contributed by atoms with Crippen LogP contribution in [0, 0.1) is 0 Å². The number of carbonyl (C=O) groups is 1. The van der Waals surface area contributed by atoms with E-state index in [0.717, 1.165) is 5.56 Å². The molecule has 0 radical (unpaired) electrons. The van der Waals surface area contributed by atoms with Crippen molar-refractivity contribution in [3.05, 3.63) is 35.9 Å². The zero-order chi connectivity index (χ0) is 12.7. The molecule has 2 unspecified atom stereocenters. The van der Waals surface area contributed by atoms with Crippen molar-refractivity contribution < 1.29 is 9.53 Å². The van der Waals surface area contributed by atoms with Crippen LogP contribution in [0.4, 0.5) is 0 Å².